The highest BCUT2D eigenvalue weighted by Gasteiger charge is 2.20. The van der Waals surface area contributed by atoms with Gasteiger partial charge in [0.1, 0.15) is 34.2 Å². The Morgan fingerprint density at radius 1 is 1.11 bits per heavy atom. The Morgan fingerprint density at radius 2 is 1.91 bits per heavy atom. The summed E-state index contributed by atoms with van der Waals surface area (Å²) in [5.74, 6) is 1.64. The van der Waals surface area contributed by atoms with E-state index >= 15 is 0 Å². The maximum absolute atomic E-state index is 13.3. The third kappa shape index (κ3) is 7.23. The van der Waals surface area contributed by atoms with E-state index in [1.54, 1.807) is 57.8 Å². The zero-order valence-corrected chi connectivity index (χ0v) is 27.3. The van der Waals surface area contributed by atoms with Crippen LogP contribution in [0.3, 0.4) is 0 Å². The van der Waals surface area contributed by atoms with E-state index in [1.165, 1.54) is 22.6 Å². The summed E-state index contributed by atoms with van der Waals surface area (Å²) in [5.41, 5.74) is 9.15. The SMILES string of the molecule is COc1ccc(CN(C)c2cc(Cl)nc3c2ncn3C(=O)N[C@H](C)COCc2cc(N)c(=O)n(-c3cccnc3OC)c2)c(OC)c1. The maximum Gasteiger partial charge on any atom is 0.328 e. The first-order valence-corrected chi connectivity index (χ1v) is 14.9. The molecule has 1 amide bonds. The summed E-state index contributed by atoms with van der Waals surface area (Å²) >= 11 is 6.41. The second-order valence-corrected chi connectivity index (χ2v) is 11.0. The Kier molecular flexibility index (Phi) is 10.1. The summed E-state index contributed by atoms with van der Waals surface area (Å²) < 4.78 is 24.7. The molecule has 0 saturated heterocycles. The number of nitrogens with zero attached hydrogens (tertiary/aromatic N) is 6. The van der Waals surface area contributed by atoms with Crippen LogP contribution in [0.25, 0.3) is 16.9 Å². The first-order chi connectivity index (χ1) is 22.6. The fourth-order valence-corrected chi connectivity index (χ4v) is 5.21. The fourth-order valence-electron chi connectivity index (χ4n) is 5.03. The molecule has 0 saturated carbocycles. The van der Waals surface area contributed by atoms with Gasteiger partial charge in [-0.3, -0.25) is 9.36 Å². The minimum atomic E-state index is -0.453. The first kappa shape index (κ1) is 33.0. The van der Waals surface area contributed by atoms with Crippen LogP contribution in [0.4, 0.5) is 16.2 Å². The number of hydrogen-bond acceptors (Lipinski definition) is 11. The largest absolute Gasteiger partial charge is 0.497 e. The number of nitrogen functional groups attached to an aromatic ring is 1. The van der Waals surface area contributed by atoms with Gasteiger partial charge in [-0.2, -0.15) is 0 Å². The maximum atomic E-state index is 13.3. The molecule has 14 nitrogen and oxygen atoms in total. The van der Waals surface area contributed by atoms with Crippen LogP contribution in [0.5, 0.6) is 17.4 Å². The number of benzene rings is 1. The Balaban J connectivity index is 1.26. The molecular weight excluding hydrogens is 628 g/mol. The van der Waals surface area contributed by atoms with Crippen molar-refractivity contribution >= 4 is 40.2 Å². The van der Waals surface area contributed by atoms with Crippen molar-refractivity contribution in [3.8, 4) is 23.1 Å². The summed E-state index contributed by atoms with van der Waals surface area (Å²) in [6.07, 6.45) is 4.59. The lowest BCUT2D eigenvalue weighted by atomic mass is 10.1. The molecule has 0 spiro atoms. The van der Waals surface area contributed by atoms with Crippen LogP contribution in [0.1, 0.15) is 18.1 Å². The number of anilines is 2. The monoisotopic (exact) mass is 662 g/mol. The Hall–Kier alpha value is -5.34. The number of amides is 1. The van der Waals surface area contributed by atoms with Crippen LogP contribution in [-0.4, -0.2) is 71.1 Å². The highest BCUT2D eigenvalue weighted by Crippen LogP contribution is 2.31. The number of carbonyl (C=O) groups excluding carboxylic acids is 1. The van der Waals surface area contributed by atoms with Gasteiger partial charge < -0.3 is 34.9 Å². The zero-order valence-electron chi connectivity index (χ0n) is 26.6. The van der Waals surface area contributed by atoms with Crippen molar-refractivity contribution in [1.29, 1.82) is 0 Å². The van der Waals surface area contributed by atoms with Crippen molar-refractivity contribution in [2.75, 3.05) is 45.6 Å². The number of nitrogens with two attached hydrogens (primary N) is 1. The van der Waals surface area contributed by atoms with Gasteiger partial charge in [0.15, 0.2) is 5.65 Å². The lowest BCUT2D eigenvalue weighted by molar-refractivity contribution is 0.104. The van der Waals surface area contributed by atoms with E-state index in [-0.39, 0.29) is 29.9 Å². The molecule has 5 rings (SSSR count). The van der Waals surface area contributed by atoms with Gasteiger partial charge in [-0.25, -0.2) is 24.3 Å². The van der Waals surface area contributed by atoms with E-state index in [2.05, 4.69) is 20.3 Å². The number of hydrogen-bond donors (Lipinski definition) is 2. The molecule has 15 heteroatoms. The summed E-state index contributed by atoms with van der Waals surface area (Å²) in [5, 5.41) is 3.10. The Bertz CT molecular complexity index is 1960. The van der Waals surface area contributed by atoms with Gasteiger partial charge >= 0.3 is 6.03 Å². The van der Waals surface area contributed by atoms with Gasteiger partial charge in [0, 0.05) is 43.7 Å². The van der Waals surface area contributed by atoms with Crippen molar-refractivity contribution in [2.45, 2.75) is 26.1 Å². The molecule has 0 aliphatic heterocycles. The summed E-state index contributed by atoms with van der Waals surface area (Å²) in [6.45, 7) is 2.57. The third-order valence-corrected chi connectivity index (χ3v) is 7.49. The van der Waals surface area contributed by atoms with Crippen molar-refractivity contribution in [1.82, 2.24) is 29.4 Å². The average molecular weight is 663 g/mol. The van der Waals surface area contributed by atoms with Crippen molar-refractivity contribution in [3.63, 3.8) is 0 Å². The number of halogens is 1. The van der Waals surface area contributed by atoms with Crippen LogP contribution < -0.4 is 35.7 Å². The van der Waals surface area contributed by atoms with Gasteiger partial charge in [0.25, 0.3) is 5.56 Å². The van der Waals surface area contributed by atoms with Crippen LogP contribution in [0.15, 0.2) is 66.0 Å². The zero-order chi connectivity index (χ0) is 33.7. The molecule has 246 valence electrons. The van der Waals surface area contributed by atoms with Crippen LogP contribution in [0, 0.1) is 0 Å². The molecule has 0 unspecified atom stereocenters. The topological polar surface area (TPSA) is 161 Å². The number of fused-ring (bicyclic) bond motifs is 1. The number of aromatic nitrogens is 5. The highest BCUT2D eigenvalue weighted by molar-refractivity contribution is 6.30. The predicted octanol–water partition coefficient (Wildman–Crippen LogP) is 4.04. The molecular formula is C32H35ClN8O6. The minimum absolute atomic E-state index is 0.0460. The van der Waals surface area contributed by atoms with Gasteiger partial charge in [0.2, 0.25) is 5.88 Å². The molecule has 0 radical (unpaired) electrons. The third-order valence-electron chi connectivity index (χ3n) is 7.30. The first-order valence-electron chi connectivity index (χ1n) is 14.5. The molecule has 0 aliphatic carbocycles. The number of methoxy groups -OCH3 is 3. The summed E-state index contributed by atoms with van der Waals surface area (Å²) in [4.78, 5) is 41.0. The quantitative estimate of drug-likeness (QED) is 0.186. The van der Waals surface area contributed by atoms with Gasteiger partial charge in [-0.15, -0.1) is 0 Å². The second-order valence-electron chi connectivity index (χ2n) is 10.7. The molecule has 1 atom stereocenters. The van der Waals surface area contributed by atoms with E-state index in [0.29, 0.717) is 46.1 Å². The Morgan fingerprint density at radius 3 is 2.66 bits per heavy atom. The van der Waals surface area contributed by atoms with E-state index < -0.39 is 17.6 Å². The molecule has 0 bridgehead atoms. The highest BCUT2D eigenvalue weighted by atomic mass is 35.5. The van der Waals surface area contributed by atoms with Gasteiger partial charge in [0.05, 0.1) is 52.0 Å². The van der Waals surface area contributed by atoms with E-state index in [9.17, 15) is 9.59 Å². The number of carbonyl (C=O) groups is 1. The minimum Gasteiger partial charge on any atom is -0.497 e. The Labute approximate surface area is 275 Å². The van der Waals surface area contributed by atoms with Crippen LogP contribution >= 0.6 is 11.6 Å². The smallest absolute Gasteiger partial charge is 0.328 e. The second kappa shape index (κ2) is 14.4. The molecule has 0 fully saturated rings. The molecule has 4 heterocycles. The number of rotatable bonds is 12. The van der Waals surface area contributed by atoms with Gasteiger partial charge in [-0.1, -0.05) is 11.6 Å². The average Bonchev–Trinajstić information content (AvgIpc) is 3.49. The number of ether oxygens (including phenoxy) is 4. The van der Waals surface area contributed by atoms with Crippen LogP contribution in [0.2, 0.25) is 5.15 Å². The molecule has 1 aromatic carbocycles. The molecule has 5 aromatic rings. The van der Waals surface area contributed by atoms with Crippen molar-refractivity contribution in [2.24, 2.45) is 0 Å². The number of imidazole rings is 1. The normalized spacial score (nSPS) is 11.7. The lowest BCUT2D eigenvalue weighted by Crippen LogP contribution is -2.38. The number of pyridine rings is 3. The summed E-state index contributed by atoms with van der Waals surface area (Å²) in [6, 6.07) is 11.4. The molecule has 4 aromatic heterocycles. The number of nitrogens with one attached hydrogen (secondary N) is 1. The van der Waals surface area contributed by atoms with Crippen LogP contribution in [-0.2, 0) is 17.9 Å². The van der Waals surface area contributed by atoms with E-state index in [4.69, 9.17) is 36.3 Å². The van der Waals surface area contributed by atoms with E-state index in [1.807, 2.05) is 30.1 Å². The molecule has 47 heavy (non-hydrogen) atoms. The van der Waals surface area contributed by atoms with E-state index in [0.717, 1.165) is 5.56 Å². The lowest BCUT2D eigenvalue weighted by Gasteiger charge is -2.21. The predicted molar refractivity (Wildman–Crippen MR) is 178 cm³/mol. The summed E-state index contributed by atoms with van der Waals surface area (Å²) in [7, 11) is 6.56. The fraction of sp³-hybridized carbons (Fsp3) is 0.281. The van der Waals surface area contributed by atoms with Gasteiger partial charge in [-0.05, 0) is 42.8 Å². The van der Waals surface area contributed by atoms with Crippen molar-refractivity contribution in [3.05, 3.63) is 87.8 Å². The van der Waals surface area contributed by atoms with Crippen molar-refractivity contribution < 1.29 is 23.7 Å². The molecule has 0 aliphatic rings. The standard InChI is InChI=1S/C32H35ClN8O6/c1-19(16-47-17-20-11-23(34)31(42)40(14-20)24-7-6-10-35-30(24)46-5)37-32(43)41-18-36-28-25(13-27(33)38-29(28)41)39(2)15-21-8-9-22(44-3)12-26(21)45-4/h6-14,18-19H,15-17,34H2,1-5H3,(H,37,43)/t19-/m1/s1. The molecule has 3 N–H and O–H groups in total.